The highest BCUT2D eigenvalue weighted by molar-refractivity contribution is 5.74. The second-order valence-electron chi connectivity index (χ2n) is 5.82. The summed E-state index contributed by atoms with van der Waals surface area (Å²) in [5, 5.41) is 11.7. The molecule has 0 spiro atoms. The highest BCUT2D eigenvalue weighted by atomic mass is 19.4. The number of hydrogen-bond donors (Lipinski definition) is 2. The van der Waals surface area contributed by atoms with E-state index < -0.39 is 11.9 Å². The van der Waals surface area contributed by atoms with E-state index >= 15 is 0 Å². The molecule has 1 aromatic heterocycles. The highest BCUT2D eigenvalue weighted by Crippen LogP contribution is 2.27. The van der Waals surface area contributed by atoms with Gasteiger partial charge in [-0.25, -0.2) is 14.8 Å². The molecule has 2 rings (SSSR count). The van der Waals surface area contributed by atoms with E-state index in [9.17, 15) is 18.0 Å². The number of alkyl halides is 3. The summed E-state index contributed by atoms with van der Waals surface area (Å²) >= 11 is 0. The molecular formula is C15H21F3N4O2. The first-order chi connectivity index (χ1) is 11.3. The molecule has 1 aliphatic heterocycles. The van der Waals surface area contributed by atoms with Gasteiger partial charge in [0.05, 0.1) is 6.54 Å². The molecule has 6 nitrogen and oxygen atoms in total. The summed E-state index contributed by atoms with van der Waals surface area (Å²) < 4.78 is 38.3. The Morgan fingerprint density at radius 1 is 1.42 bits per heavy atom. The summed E-state index contributed by atoms with van der Waals surface area (Å²) in [4.78, 5) is 21.3. The SMILES string of the molecule is Cc1cc(C(F)(F)F)nc(CNC(=O)N2CCCC[C@@H]2CCO)n1. The summed E-state index contributed by atoms with van der Waals surface area (Å²) in [6.45, 7) is 1.83. The van der Waals surface area contributed by atoms with Gasteiger partial charge in [-0.1, -0.05) is 0 Å². The summed E-state index contributed by atoms with van der Waals surface area (Å²) in [6.07, 6.45) is -1.38. The molecule has 134 valence electrons. The van der Waals surface area contributed by atoms with Crippen LogP contribution in [0.1, 0.15) is 42.9 Å². The topological polar surface area (TPSA) is 78.4 Å². The molecule has 24 heavy (non-hydrogen) atoms. The smallest absolute Gasteiger partial charge is 0.396 e. The van der Waals surface area contributed by atoms with Crippen molar-refractivity contribution in [2.75, 3.05) is 13.2 Å². The molecular weight excluding hydrogens is 325 g/mol. The summed E-state index contributed by atoms with van der Waals surface area (Å²) in [5.41, 5.74) is -0.826. The van der Waals surface area contributed by atoms with Crippen molar-refractivity contribution in [2.45, 2.75) is 51.4 Å². The molecule has 1 aromatic rings. The lowest BCUT2D eigenvalue weighted by molar-refractivity contribution is -0.141. The van der Waals surface area contributed by atoms with Gasteiger partial charge in [0.1, 0.15) is 11.5 Å². The van der Waals surface area contributed by atoms with Crippen molar-refractivity contribution in [3.63, 3.8) is 0 Å². The van der Waals surface area contributed by atoms with Gasteiger partial charge in [0, 0.05) is 24.9 Å². The zero-order valence-corrected chi connectivity index (χ0v) is 13.4. The third-order valence-corrected chi connectivity index (χ3v) is 3.94. The molecule has 0 aliphatic carbocycles. The van der Waals surface area contributed by atoms with E-state index in [0.29, 0.717) is 13.0 Å². The molecule has 1 aliphatic rings. The Balaban J connectivity index is 2.02. The number of likely N-dealkylation sites (tertiary alicyclic amines) is 1. The molecule has 0 aromatic carbocycles. The van der Waals surface area contributed by atoms with Crippen molar-refractivity contribution in [3.05, 3.63) is 23.3 Å². The van der Waals surface area contributed by atoms with Crippen LogP contribution >= 0.6 is 0 Å². The number of hydrogen-bond acceptors (Lipinski definition) is 4. The Kier molecular flexibility index (Phi) is 5.98. The minimum atomic E-state index is -4.55. The van der Waals surface area contributed by atoms with Gasteiger partial charge < -0.3 is 15.3 Å². The zero-order chi connectivity index (χ0) is 17.7. The van der Waals surface area contributed by atoms with Gasteiger partial charge in [-0.05, 0) is 38.7 Å². The summed E-state index contributed by atoms with van der Waals surface area (Å²) in [5.74, 6) is -0.0774. The number of amides is 2. The fourth-order valence-corrected chi connectivity index (χ4v) is 2.83. The van der Waals surface area contributed by atoms with Gasteiger partial charge in [-0.3, -0.25) is 0 Å². The quantitative estimate of drug-likeness (QED) is 0.876. The van der Waals surface area contributed by atoms with Gasteiger partial charge in [-0.15, -0.1) is 0 Å². The lowest BCUT2D eigenvalue weighted by atomic mass is 10.0. The first-order valence-electron chi connectivity index (χ1n) is 7.88. The van der Waals surface area contributed by atoms with Crippen LogP contribution in [0.5, 0.6) is 0 Å². The molecule has 1 fully saturated rings. The van der Waals surface area contributed by atoms with Crippen LogP contribution in [-0.2, 0) is 12.7 Å². The molecule has 0 saturated carbocycles. The van der Waals surface area contributed by atoms with Gasteiger partial charge in [0.15, 0.2) is 0 Å². The number of urea groups is 1. The maximum Gasteiger partial charge on any atom is 0.433 e. The molecule has 2 heterocycles. The fraction of sp³-hybridized carbons (Fsp3) is 0.667. The molecule has 0 unspecified atom stereocenters. The van der Waals surface area contributed by atoms with Crippen LogP contribution in [0.15, 0.2) is 6.07 Å². The number of aromatic nitrogens is 2. The molecule has 2 N–H and O–H groups in total. The maximum atomic E-state index is 12.8. The van der Waals surface area contributed by atoms with Crippen molar-refractivity contribution in [1.29, 1.82) is 0 Å². The third kappa shape index (κ3) is 4.80. The molecule has 1 atom stereocenters. The van der Waals surface area contributed by atoms with E-state index in [4.69, 9.17) is 5.11 Å². The Labute approximate surface area is 138 Å². The predicted molar refractivity (Wildman–Crippen MR) is 80.1 cm³/mol. The van der Waals surface area contributed by atoms with E-state index in [1.54, 1.807) is 4.90 Å². The Morgan fingerprint density at radius 3 is 2.83 bits per heavy atom. The average Bonchev–Trinajstić information content (AvgIpc) is 2.52. The molecule has 0 radical (unpaired) electrons. The van der Waals surface area contributed by atoms with Crippen LogP contribution in [0.3, 0.4) is 0 Å². The van der Waals surface area contributed by atoms with Crippen molar-refractivity contribution >= 4 is 6.03 Å². The number of rotatable bonds is 4. The number of nitrogens with one attached hydrogen (secondary N) is 1. The normalized spacial score (nSPS) is 18.5. The monoisotopic (exact) mass is 346 g/mol. The first kappa shape index (κ1) is 18.4. The number of piperidine rings is 1. The zero-order valence-electron chi connectivity index (χ0n) is 13.4. The van der Waals surface area contributed by atoms with Crippen LogP contribution in [-0.4, -0.2) is 45.2 Å². The van der Waals surface area contributed by atoms with Gasteiger partial charge in [0.2, 0.25) is 0 Å². The van der Waals surface area contributed by atoms with Crippen molar-refractivity contribution < 1.29 is 23.1 Å². The third-order valence-electron chi connectivity index (χ3n) is 3.94. The van der Waals surface area contributed by atoms with E-state index in [0.717, 1.165) is 25.3 Å². The Morgan fingerprint density at radius 2 is 2.17 bits per heavy atom. The maximum absolute atomic E-state index is 12.8. The summed E-state index contributed by atoms with van der Waals surface area (Å²) in [7, 11) is 0. The number of aryl methyl sites for hydroxylation is 1. The summed E-state index contributed by atoms with van der Waals surface area (Å²) in [6, 6.07) is 0.451. The number of nitrogens with zero attached hydrogens (tertiary/aromatic N) is 3. The average molecular weight is 346 g/mol. The van der Waals surface area contributed by atoms with Gasteiger partial charge >= 0.3 is 12.2 Å². The molecule has 9 heteroatoms. The fourth-order valence-electron chi connectivity index (χ4n) is 2.83. The van der Waals surface area contributed by atoms with Crippen molar-refractivity contribution in [2.24, 2.45) is 0 Å². The van der Waals surface area contributed by atoms with Crippen LogP contribution in [0.25, 0.3) is 0 Å². The molecule has 0 bridgehead atoms. The van der Waals surface area contributed by atoms with E-state index in [1.807, 2.05) is 0 Å². The van der Waals surface area contributed by atoms with Crippen molar-refractivity contribution in [1.82, 2.24) is 20.2 Å². The molecule has 2 amide bonds. The van der Waals surface area contributed by atoms with E-state index in [2.05, 4.69) is 15.3 Å². The van der Waals surface area contributed by atoms with Gasteiger partial charge in [0.25, 0.3) is 0 Å². The number of aliphatic hydroxyl groups is 1. The van der Waals surface area contributed by atoms with Crippen molar-refractivity contribution in [3.8, 4) is 0 Å². The Hall–Kier alpha value is -1.90. The second kappa shape index (κ2) is 7.78. The first-order valence-corrected chi connectivity index (χ1v) is 7.88. The van der Waals surface area contributed by atoms with E-state index in [-0.39, 0.29) is 36.7 Å². The minimum absolute atomic E-state index is 0.00954. The lowest BCUT2D eigenvalue weighted by Crippen LogP contribution is -2.48. The molecule has 1 saturated heterocycles. The second-order valence-corrected chi connectivity index (χ2v) is 5.82. The van der Waals surface area contributed by atoms with Crippen LogP contribution in [0.4, 0.5) is 18.0 Å². The minimum Gasteiger partial charge on any atom is -0.396 e. The Bertz CT molecular complexity index is 578. The number of carbonyl (C=O) groups is 1. The standard InChI is InChI=1S/C15H21F3N4O2/c1-10-8-12(15(16,17)18)21-13(20-10)9-19-14(24)22-6-3-2-4-11(22)5-7-23/h8,11,23H,2-7,9H2,1H3,(H,19,24)/t11-/m1/s1. The van der Waals surface area contributed by atoms with E-state index in [1.165, 1.54) is 6.92 Å². The van der Waals surface area contributed by atoms with Crippen LogP contribution in [0.2, 0.25) is 0 Å². The number of halogens is 3. The van der Waals surface area contributed by atoms with Crippen LogP contribution in [0, 0.1) is 6.92 Å². The predicted octanol–water partition coefficient (Wildman–Crippen LogP) is 2.25. The lowest BCUT2D eigenvalue weighted by Gasteiger charge is -2.35. The highest BCUT2D eigenvalue weighted by Gasteiger charge is 2.33. The number of carbonyl (C=O) groups excluding carboxylic acids is 1. The largest absolute Gasteiger partial charge is 0.433 e. The number of aliphatic hydroxyl groups excluding tert-OH is 1. The van der Waals surface area contributed by atoms with Crippen LogP contribution < -0.4 is 5.32 Å². The van der Waals surface area contributed by atoms with Gasteiger partial charge in [-0.2, -0.15) is 13.2 Å².